The van der Waals surface area contributed by atoms with Crippen molar-refractivity contribution in [3.05, 3.63) is 22.3 Å². The zero-order chi connectivity index (χ0) is 22.3. The van der Waals surface area contributed by atoms with Crippen LogP contribution in [0, 0.1) is 5.92 Å². The number of thiazole rings is 1. The van der Waals surface area contributed by atoms with Gasteiger partial charge in [-0.15, -0.1) is 23.1 Å². The van der Waals surface area contributed by atoms with Crippen LogP contribution in [0.1, 0.15) is 19.0 Å². The van der Waals surface area contributed by atoms with Crippen molar-refractivity contribution in [1.29, 1.82) is 0 Å². The first-order valence-corrected chi connectivity index (χ1v) is 11.4. The molecule has 0 aromatic carbocycles. The quantitative estimate of drug-likeness (QED) is 0.303. The first-order chi connectivity index (χ1) is 14.8. The second kappa shape index (κ2) is 8.48. The van der Waals surface area contributed by atoms with Crippen molar-refractivity contribution in [2.75, 3.05) is 25.2 Å². The van der Waals surface area contributed by atoms with Crippen molar-refractivity contribution < 1.29 is 29.1 Å². The van der Waals surface area contributed by atoms with E-state index in [9.17, 15) is 19.5 Å². The van der Waals surface area contributed by atoms with Gasteiger partial charge in [-0.1, -0.05) is 12.1 Å². The van der Waals surface area contributed by atoms with E-state index in [-0.39, 0.29) is 34.3 Å². The topological polar surface area (TPSA) is 156 Å². The van der Waals surface area contributed by atoms with Crippen LogP contribution in [0.15, 0.2) is 21.8 Å². The maximum Gasteiger partial charge on any atom is 0.352 e. The molecule has 166 valence electrons. The number of thioether (sulfide) groups is 1. The van der Waals surface area contributed by atoms with Crippen LogP contribution >= 0.6 is 23.1 Å². The van der Waals surface area contributed by atoms with Crippen LogP contribution in [0.4, 0.5) is 5.13 Å². The number of rotatable bonds is 6. The molecular formula is C18H21N5O6S2. The molecule has 4 heterocycles. The van der Waals surface area contributed by atoms with Gasteiger partial charge in [-0.3, -0.25) is 14.5 Å². The Hall–Kier alpha value is -2.64. The van der Waals surface area contributed by atoms with Gasteiger partial charge in [-0.05, 0) is 17.9 Å². The number of carbonyl (C=O) groups excluding carboxylic acids is 2. The molecule has 4 atom stereocenters. The van der Waals surface area contributed by atoms with E-state index in [1.54, 1.807) is 5.38 Å². The molecule has 4 rings (SSSR count). The number of carbonyl (C=O) groups is 3. The first kappa shape index (κ1) is 21.6. The highest BCUT2D eigenvalue weighted by Gasteiger charge is 2.55. The van der Waals surface area contributed by atoms with E-state index in [4.69, 9.17) is 15.3 Å². The molecule has 0 saturated carbocycles. The van der Waals surface area contributed by atoms with Crippen LogP contribution in [0.2, 0.25) is 0 Å². The number of hydrogen-bond donors (Lipinski definition) is 3. The summed E-state index contributed by atoms with van der Waals surface area (Å²) in [5.74, 6) is -1.77. The third-order valence-electron chi connectivity index (χ3n) is 5.38. The minimum absolute atomic E-state index is 0.0453. The Morgan fingerprint density at radius 2 is 2.26 bits per heavy atom. The molecule has 3 aliphatic heterocycles. The van der Waals surface area contributed by atoms with E-state index in [2.05, 4.69) is 15.5 Å². The molecule has 31 heavy (non-hydrogen) atoms. The molecule has 11 nitrogen and oxygen atoms in total. The Morgan fingerprint density at radius 3 is 2.84 bits per heavy atom. The highest BCUT2D eigenvalue weighted by atomic mass is 32.2. The Balaban J connectivity index is 1.54. The summed E-state index contributed by atoms with van der Waals surface area (Å²) in [4.78, 5) is 47.6. The molecule has 0 spiro atoms. The van der Waals surface area contributed by atoms with Crippen molar-refractivity contribution in [1.82, 2.24) is 15.2 Å². The highest BCUT2D eigenvalue weighted by Crippen LogP contribution is 2.43. The largest absolute Gasteiger partial charge is 0.477 e. The number of nitrogens with zero attached hydrogens (tertiary/aromatic N) is 3. The van der Waals surface area contributed by atoms with Gasteiger partial charge in [0.15, 0.2) is 10.8 Å². The summed E-state index contributed by atoms with van der Waals surface area (Å²) < 4.78 is 5.74. The number of aliphatic carboxylic acids is 1. The minimum Gasteiger partial charge on any atom is -0.477 e. The van der Waals surface area contributed by atoms with E-state index >= 15 is 0 Å². The lowest BCUT2D eigenvalue weighted by molar-refractivity contribution is -0.150. The molecule has 2 saturated heterocycles. The number of nitrogens with one attached hydrogen (secondary N) is 1. The monoisotopic (exact) mass is 467 g/mol. The predicted octanol–water partition coefficient (Wildman–Crippen LogP) is 0.239. The van der Waals surface area contributed by atoms with Gasteiger partial charge >= 0.3 is 5.97 Å². The standard InChI is InChI=1S/C18H21N5O6S2/c1-7-3-4-29-13(7)8-5-30-16-11(15(25)23(16)12(8)17(26)27)21-14(24)10(22-28-2)9-6-31-18(19)20-9/h6-7,11,13,16H,3-5H2,1-2H3,(H2,19,20)(H,21,24)(H,26,27)/b22-10-/t7?,11-,13?,16-/m1/s1. The normalized spacial score (nSPS) is 28.3. The van der Waals surface area contributed by atoms with Crippen LogP contribution in [0.5, 0.6) is 0 Å². The lowest BCUT2D eigenvalue weighted by Gasteiger charge is -2.50. The average Bonchev–Trinajstić information content (AvgIpc) is 3.36. The van der Waals surface area contributed by atoms with Crippen molar-refractivity contribution >= 4 is 51.7 Å². The van der Waals surface area contributed by atoms with E-state index in [0.717, 1.165) is 17.8 Å². The lowest BCUT2D eigenvalue weighted by atomic mass is 9.94. The maximum absolute atomic E-state index is 12.9. The van der Waals surface area contributed by atoms with Gasteiger partial charge in [0.25, 0.3) is 11.8 Å². The summed E-state index contributed by atoms with van der Waals surface area (Å²) >= 11 is 2.53. The molecule has 1 aromatic rings. The average molecular weight is 468 g/mol. The number of β-lactam (4-membered cyclic amide) rings is 1. The summed E-state index contributed by atoms with van der Waals surface area (Å²) in [6.07, 6.45) is 0.515. The highest BCUT2D eigenvalue weighted by molar-refractivity contribution is 8.00. The third-order valence-corrected chi connectivity index (χ3v) is 7.36. The molecule has 2 amide bonds. The number of nitrogens with two attached hydrogens (primary N) is 1. The van der Waals surface area contributed by atoms with Crippen LogP contribution in [0.3, 0.4) is 0 Å². The zero-order valence-corrected chi connectivity index (χ0v) is 18.4. The maximum atomic E-state index is 12.9. The van der Waals surface area contributed by atoms with E-state index < -0.39 is 29.2 Å². The molecule has 13 heteroatoms. The molecule has 1 aromatic heterocycles. The van der Waals surface area contributed by atoms with Gasteiger partial charge in [0.05, 0.1) is 6.10 Å². The van der Waals surface area contributed by atoms with Gasteiger partial charge in [-0.25, -0.2) is 9.78 Å². The fourth-order valence-electron chi connectivity index (χ4n) is 3.90. The summed E-state index contributed by atoms with van der Waals surface area (Å²) in [6.45, 7) is 2.56. The molecule has 2 unspecified atom stereocenters. The fraction of sp³-hybridized carbons (Fsp3) is 0.500. The third kappa shape index (κ3) is 3.77. The Morgan fingerprint density at radius 1 is 1.48 bits per heavy atom. The van der Waals surface area contributed by atoms with Crippen molar-refractivity contribution in [2.45, 2.75) is 30.9 Å². The molecular weight excluding hydrogens is 446 g/mol. The van der Waals surface area contributed by atoms with Crippen LogP contribution in [-0.4, -0.2) is 75.5 Å². The molecule has 0 radical (unpaired) electrons. The summed E-state index contributed by atoms with van der Waals surface area (Å²) in [6, 6.07) is -0.895. The van der Waals surface area contributed by atoms with Crippen molar-refractivity contribution in [2.24, 2.45) is 11.1 Å². The van der Waals surface area contributed by atoms with Crippen molar-refractivity contribution in [3.63, 3.8) is 0 Å². The number of carboxylic acids is 1. The number of anilines is 1. The van der Waals surface area contributed by atoms with E-state index in [1.165, 1.54) is 23.8 Å². The van der Waals surface area contributed by atoms with E-state index in [0.29, 0.717) is 17.9 Å². The molecule has 3 aliphatic rings. The second-order valence-electron chi connectivity index (χ2n) is 7.29. The van der Waals surface area contributed by atoms with E-state index in [1.807, 2.05) is 6.92 Å². The molecule has 0 aliphatic carbocycles. The predicted molar refractivity (Wildman–Crippen MR) is 113 cm³/mol. The Kier molecular flexibility index (Phi) is 5.90. The number of carboxylic acid groups (broad SMARTS) is 1. The van der Waals surface area contributed by atoms with Gasteiger partial charge in [0.1, 0.15) is 29.9 Å². The van der Waals surface area contributed by atoms with Crippen LogP contribution in [-0.2, 0) is 24.0 Å². The SMILES string of the molecule is CO/N=C(\C(=O)N[C@@H]1C(=O)N2C(C(=O)O)=C(C3OCCC3C)CS[C@H]12)c1csc(N)n1. The molecule has 0 bridgehead atoms. The Labute approximate surface area is 185 Å². The number of hydrogen-bond acceptors (Lipinski definition) is 10. The summed E-state index contributed by atoms with van der Waals surface area (Å²) in [7, 11) is 1.29. The molecule has 4 N–H and O–H groups in total. The Bertz CT molecular complexity index is 992. The second-order valence-corrected chi connectivity index (χ2v) is 9.29. The summed E-state index contributed by atoms with van der Waals surface area (Å²) in [5, 5.41) is 17.4. The number of nitrogen functional groups attached to an aromatic ring is 1. The number of fused-ring (bicyclic) bond motifs is 1. The number of oxime groups is 1. The summed E-state index contributed by atoms with van der Waals surface area (Å²) in [5.41, 5.74) is 6.29. The smallest absolute Gasteiger partial charge is 0.352 e. The lowest BCUT2D eigenvalue weighted by Crippen LogP contribution is -2.71. The number of amides is 2. The van der Waals surface area contributed by atoms with Crippen LogP contribution in [0.25, 0.3) is 0 Å². The van der Waals surface area contributed by atoms with Gasteiger partial charge in [-0.2, -0.15) is 0 Å². The zero-order valence-electron chi connectivity index (χ0n) is 16.7. The van der Waals surface area contributed by atoms with Gasteiger partial charge in [0, 0.05) is 17.7 Å². The molecule has 2 fully saturated rings. The van der Waals surface area contributed by atoms with Gasteiger partial charge < -0.3 is 25.7 Å². The first-order valence-electron chi connectivity index (χ1n) is 9.49. The van der Waals surface area contributed by atoms with Crippen molar-refractivity contribution in [3.8, 4) is 0 Å². The van der Waals surface area contributed by atoms with Gasteiger partial charge in [0.2, 0.25) is 0 Å². The van der Waals surface area contributed by atoms with Crippen LogP contribution < -0.4 is 11.1 Å². The number of aromatic nitrogens is 1. The minimum atomic E-state index is -1.18. The number of ether oxygens (including phenoxy) is 1. The fourth-order valence-corrected chi connectivity index (χ4v) is 5.84.